The Bertz CT molecular complexity index is 724. The number of carbonyl (C=O) groups excluding carboxylic acids is 2. The molecule has 1 aromatic carbocycles. The summed E-state index contributed by atoms with van der Waals surface area (Å²) in [4.78, 5) is 27.5. The van der Waals surface area contributed by atoms with Crippen LogP contribution in [0.5, 0.6) is 0 Å². The number of piperidine rings is 1. The lowest BCUT2D eigenvalue weighted by Crippen LogP contribution is -2.53. The molecule has 146 valence electrons. The average molecular weight is 412 g/mol. The van der Waals surface area contributed by atoms with Crippen molar-refractivity contribution < 1.29 is 19.1 Å². The number of nitrogens with zero attached hydrogens (tertiary/aromatic N) is 2. The van der Waals surface area contributed by atoms with Gasteiger partial charge in [-0.2, -0.15) is 0 Å². The standard InChI is InChI=1S/C18H22ClN3O4S/c1-25-16(23)15-11-26-18(24)22(15)13-6-8-21(9-7-13)17(27)20-10-12-4-2-3-5-14(12)19/h2-5,13,15H,6-11H2,1H3,(H,20,27)/t15-/m0/s1. The van der Waals surface area contributed by atoms with E-state index in [9.17, 15) is 9.59 Å². The van der Waals surface area contributed by atoms with Gasteiger partial charge in [-0.3, -0.25) is 4.90 Å². The third kappa shape index (κ3) is 4.44. The molecule has 2 fully saturated rings. The minimum Gasteiger partial charge on any atom is -0.467 e. The van der Waals surface area contributed by atoms with Crippen molar-refractivity contribution >= 4 is 41.0 Å². The molecule has 0 aliphatic carbocycles. The molecule has 0 unspecified atom stereocenters. The summed E-state index contributed by atoms with van der Waals surface area (Å²) in [6.07, 6.45) is 0.954. The van der Waals surface area contributed by atoms with Crippen LogP contribution < -0.4 is 5.32 Å². The van der Waals surface area contributed by atoms with Gasteiger partial charge in [-0.05, 0) is 36.7 Å². The second-order valence-corrected chi connectivity index (χ2v) is 7.29. The number of likely N-dealkylation sites (tertiary alicyclic amines) is 1. The Morgan fingerprint density at radius 3 is 2.74 bits per heavy atom. The summed E-state index contributed by atoms with van der Waals surface area (Å²) in [5, 5.41) is 4.59. The van der Waals surface area contributed by atoms with Crippen LogP contribution in [-0.4, -0.2) is 65.9 Å². The van der Waals surface area contributed by atoms with Crippen LogP contribution in [0.3, 0.4) is 0 Å². The van der Waals surface area contributed by atoms with Crippen LogP contribution in [0.2, 0.25) is 5.02 Å². The molecule has 1 atom stereocenters. The molecule has 0 saturated carbocycles. The normalized spacial score (nSPS) is 20.4. The van der Waals surface area contributed by atoms with Crippen molar-refractivity contribution in [3.63, 3.8) is 0 Å². The number of thiocarbonyl (C=S) groups is 1. The number of hydrogen-bond acceptors (Lipinski definition) is 5. The molecule has 2 aliphatic rings. The van der Waals surface area contributed by atoms with E-state index in [2.05, 4.69) is 10.2 Å². The van der Waals surface area contributed by atoms with Gasteiger partial charge < -0.3 is 19.7 Å². The van der Waals surface area contributed by atoms with Gasteiger partial charge in [0.25, 0.3) is 0 Å². The molecule has 1 amide bonds. The first kappa shape index (κ1) is 19.7. The smallest absolute Gasteiger partial charge is 0.410 e. The van der Waals surface area contributed by atoms with Crippen LogP contribution in [0.25, 0.3) is 0 Å². The number of nitrogens with one attached hydrogen (secondary N) is 1. The topological polar surface area (TPSA) is 71.1 Å². The maximum Gasteiger partial charge on any atom is 0.410 e. The van der Waals surface area contributed by atoms with Crippen LogP contribution >= 0.6 is 23.8 Å². The predicted octanol–water partition coefficient (Wildman–Crippen LogP) is 2.17. The molecule has 0 bridgehead atoms. The van der Waals surface area contributed by atoms with Gasteiger partial charge in [0, 0.05) is 30.7 Å². The lowest BCUT2D eigenvalue weighted by atomic mass is 10.0. The molecule has 2 aliphatic heterocycles. The van der Waals surface area contributed by atoms with Crippen molar-refractivity contribution in [3.05, 3.63) is 34.9 Å². The van der Waals surface area contributed by atoms with Gasteiger partial charge in [-0.1, -0.05) is 29.8 Å². The van der Waals surface area contributed by atoms with Crippen molar-refractivity contribution in [1.29, 1.82) is 0 Å². The molecular weight excluding hydrogens is 390 g/mol. The number of benzene rings is 1. The van der Waals surface area contributed by atoms with E-state index < -0.39 is 18.1 Å². The van der Waals surface area contributed by atoms with E-state index in [0.29, 0.717) is 42.6 Å². The third-order valence-electron chi connectivity index (χ3n) is 4.92. The summed E-state index contributed by atoms with van der Waals surface area (Å²) < 4.78 is 9.83. The van der Waals surface area contributed by atoms with Gasteiger partial charge in [0.1, 0.15) is 6.61 Å². The van der Waals surface area contributed by atoms with E-state index in [0.717, 1.165) is 5.56 Å². The minimum atomic E-state index is -0.663. The predicted molar refractivity (Wildman–Crippen MR) is 104 cm³/mol. The Balaban J connectivity index is 1.52. The zero-order valence-electron chi connectivity index (χ0n) is 15.0. The Kier molecular flexibility index (Phi) is 6.38. The molecule has 3 rings (SSSR count). The van der Waals surface area contributed by atoms with E-state index in [1.807, 2.05) is 24.3 Å². The SMILES string of the molecule is COC(=O)[C@@H]1COC(=O)N1C1CCN(C(=S)NCc2ccccc2Cl)CC1. The van der Waals surface area contributed by atoms with Gasteiger partial charge in [-0.15, -0.1) is 0 Å². The highest BCUT2D eigenvalue weighted by atomic mass is 35.5. The van der Waals surface area contributed by atoms with E-state index in [4.69, 9.17) is 33.3 Å². The summed E-state index contributed by atoms with van der Waals surface area (Å²) >= 11 is 11.7. The molecule has 0 radical (unpaired) electrons. The quantitative estimate of drug-likeness (QED) is 0.601. The molecule has 1 N–H and O–H groups in total. The number of rotatable bonds is 4. The fraction of sp³-hybridized carbons (Fsp3) is 0.500. The first-order valence-corrected chi connectivity index (χ1v) is 9.59. The summed E-state index contributed by atoms with van der Waals surface area (Å²) in [6.45, 7) is 1.98. The number of esters is 1. The number of carbonyl (C=O) groups is 2. The van der Waals surface area contributed by atoms with Crippen molar-refractivity contribution in [2.75, 3.05) is 26.8 Å². The number of ether oxygens (including phenoxy) is 2. The zero-order chi connectivity index (χ0) is 19.4. The van der Waals surface area contributed by atoms with Crippen LogP contribution in [0, 0.1) is 0 Å². The maximum atomic E-state index is 12.0. The Hall–Kier alpha value is -2.06. The Morgan fingerprint density at radius 1 is 1.37 bits per heavy atom. The fourth-order valence-corrected chi connectivity index (χ4v) is 3.88. The lowest BCUT2D eigenvalue weighted by Gasteiger charge is -2.38. The van der Waals surface area contributed by atoms with Crippen LogP contribution in [-0.2, 0) is 20.8 Å². The number of methoxy groups -OCH3 is 1. The summed E-state index contributed by atoms with van der Waals surface area (Å²) in [6, 6.07) is 6.90. The molecule has 2 heterocycles. The zero-order valence-corrected chi connectivity index (χ0v) is 16.6. The summed E-state index contributed by atoms with van der Waals surface area (Å²) in [7, 11) is 1.31. The fourth-order valence-electron chi connectivity index (χ4n) is 3.43. The van der Waals surface area contributed by atoms with Crippen LogP contribution in [0.1, 0.15) is 18.4 Å². The van der Waals surface area contributed by atoms with Crippen molar-refractivity contribution in [2.24, 2.45) is 0 Å². The number of hydrogen-bond donors (Lipinski definition) is 1. The van der Waals surface area contributed by atoms with Crippen LogP contribution in [0.15, 0.2) is 24.3 Å². The lowest BCUT2D eigenvalue weighted by molar-refractivity contribution is -0.145. The maximum absolute atomic E-state index is 12.0. The molecular formula is C18H22ClN3O4S. The van der Waals surface area contributed by atoms with Gasteiger partial charge in [0.2, 0.25) is 0 Å². The first-order valence-electron chi connectivity index (χ1n) is 8.80. The molecule has 1 aromatic rings. The molecule has 7 nitrogen and oxygen atoms in total. The Morgan fingerprint density at radius 2 is 2.07 bits per heavy atom. The molecule has 0 spiro atoms. The van der Waals surface area contributed by atoms with Gasteiger partial charge in [0.15, 0.2) is 11.2 Å². The first-order chi connectivity index (χ1) is 13.0. The summed E-state index contributed by atoms with van der Waals surface area (Å²) in [5.41, 5.74) is 0.983. The van der Waals surface area contributed by atoms with E-state index in [1.165, 1.54) is 12.0 Å². The van der Waals surface area contributed by atoms with E-state index in [1.54, 1.807) is 0 Å². The van der Waals surface area contributed by atoms with E-state index in [-0.39, 0.29) is 12.6 Å². The monoisotopic (exact) mass is 411 g/mol. The number of halogens is 1. The van der Waals surface area contributed by atoms with Crippen LogP contribution in [0.4, 0.5) is 4.79 Å². The largest absolute Gasteiger partial charge is 0.467 e. The molecule has 27 heavy (non-hydrogen) atoms. The van der Waals surface area contributed by atoms with E-state index >= 15 is 0 Å². The Labute approximate surface area is 168 Å². The van der Waals surface area contributed by atoms with Gasteiger partial charge >= 0.3 is 12.1 Å². The van der Waals surface area contributed by atoms with Gasteiger partial charge in [-0.25, -0.2) is 9.59 Å². The van der Waals surface area contributed by atoms with Crippen molar-refractivity contribution in [2.45, 2.75) is 31.5 Å². The van der Waals surface area contributed by atoms with Crippen molar-refractivity contribution in [1.82, 2.24) is 15.1 Å². The molecule has 2 saturated heterocycles. The highest BCUT2D eigenvalue weighted by Crippen LogP contribution is 2.24. The minimum absolute atomic E-state index is 0.0452. The molecule has 0 aromatic heterocycles. The second kappa shape index (κ2) is 8.75. The number of cyclic esters (lactones) is 1. The van der Waals surface area contributed by atoms with Gasteiger partial charge in [0.05, 0.1) is 7.11 Å². The highest BCUT2D eigenvalue weighted by Gasteiger charge is 2.43. The highest BCUT2D eigenvalue weighted by molar-refractivity contribution is 7.80. The average Bonchev–Trinajstić information content (AvgIpc) is 3.08. The summed E-state index contributed by atoms with van der Waals surface area (Å²) in [5.74, 6) is -0.444. The third-order valence-corrected chi connectivity index (χ3v) is 5.69. The van der Waals surface area contributed by atoms with Crippen molar-refractivity contribution in [3.8, 4) is 0 Å². The number of amides is 1. The second-order valence-electron chi connectivity index (χ2n) is 6.49. The molecule has 9 heteroatoms.